The van der Waals surface area contributed by atoms with Gasteiger partial charge in [0.2, 0.25) is 0 Å². The molecule has 0 atom stereocenters. The van der Waals surface area contributed by atoms with Gasteiger partial charge in [-0.1, -0.05) is 0 Å². The molecule has 0 radical (unpaired) electrons. The van der Waals surface area contributed by atoms with E-state index in [1.807, 2.05) is 24.3 Å². The van der Waals surface area contributed by atoms with Gasteiger partial charge in [0.25, 0.3) is 0 Å². The molecule has 0 amide bonds. The number of fused-ring (bicyclic) bond motifs is 1. The van der Waals surface area contributed by atoms with Crippen molar-refractivity contribution in [3.05, 3.63) is 62.6 Å². The van der Waals surface area contributed by atoms with Crippen molar-refractivity contribution >= 4 is 53.3 Å². The van der Waals surface area contributed by atoms with Gasteiger partial charge in [0, 0.05) is 0 Å². The molecule has 0 fully saturated rings. The van der Waals surface area contributed by atoms with Crippen LogP contribution in [0.15, 0.2) is 42.5 Å². The number of para-hydroxylation sites is 1. The summed E-state index contributed by atoms with van der Waals surface area (Å²) in [6, 6.07) is 12.7. The summed E-state index contributed by atoms with van der Waals surface area (Å²) in [6.45, 7) is 0. The minimum absolute atomic E-state index is 0.0589. The Balaban J connectivity index is 2.08. The third-order valence-corrected chi connectivity index (χ3v) is 5.38. The first kappa shape index (κ1) is 12.9. The number of aromatic nitrogens is 1. The predicted octanol–water partition coefficient (Wildman–Crippen LogP) is 3.83. The van der Waals surface area contributed by atoms with Gasteiger partial charge in [0.05, 0.1) is 0 Å². The average Bonchev–Trinajstić information content (AvgIpc) is 2.81. The van der Waals surface area contributed by atoms with Crippen molar-refractivity contribution in [2.24, 2.45) is 0 Å². The van der Waals surface area contributed by atoms with Crippen LogP contribution in [0, 0.1) is 0 Å². The van der Waals surface area contributed by atoms with E-state index in [9.17, 15) is 4.79 Å². The first-order valence-corrected chi connectivity index (χ1v) is 7.97. The van der Waals surface area contributed by atoms with E-state index in [1.54, 1.807) is 18.2 Å². The maximum absolute atomic E-state index is 12.4. The van der Waals surface area contributed by atoms with Gasteiger partial charge in [-0.15, -0.1) is 0 Å². The first-order chi connectivity index (χ1) is 9.15. The molecular weight excluding hydrogens is 348 g/mol. The van der Waals surface area contributed by atoms with Crippen LogP contribution in [0.4, 0.5) is 0 Å². The third-order valence-electron chi connectivity index (χ3n) is 2.66. The van der Waals surface area contributed by atoms with Crippen LogP contribution in [-0.4, -0.2) is 25.3 Å². The number of hydrogen-bond acceptors (Lipinski definition) is 2. The quantitative estimate of drug-likeness (QED) is 0.517. The molecular formula is C14H7Cl2NOSe. The second-order valence-corrected chi connectivity index (χ2v) is 6.95. The van der Waals surface area contributed by atoms with Gasteiger partial charge in [-0.3, -0.25) is 0 Å². The van der Waals surface area contributed by atoms with E-state index in [1.165, 1.54) is 0 Å². The summed E-state index contributed by atoms with van der Waals surface area (Å²) < 4.78 is 1.71. The number of benzene rings is 2. The molecule has 0 aliphatic heterocycles. The zero-order valence-corrected chi connectivity index (χ0v) is 12.8. The number of nitrogens with zero attached hydrogens (tertiary/aromatic N) is 1. The number of carbonyl (C=O) groups excluding carboxylic acids is 1. The molecule has 5 heteroatoms. The van der Waals surface area contributed by atoms with E-state index >= 15 is 0 Å². The van der Waals surface area contributed by atoms with Crippen LogP contribution in [0.2, 0.25) is 10.0 Å². The van der Waals surface area contributed by atoms with E-state index in [2.05, 4.69) is 4.98 Å². The Morgan fingerprint density at radius 3 is 2.63 bits per heavy atom. The van der Waals surface area contributed by atoms with Crippen molar-refractivity contribution in [1.82, 2.24) is 4.98 Å². The molecule has 0 bridgehead atoms. The zero-order valence-electron chi connectivity index (χ0n) is 9.56. The summed E-state index contributed by atoms with van der Waals surface area (Å²) in [6.07, 6.45) is 0. The molecule has 0 aliphatic rings. The molecule has 0 saturated heterocycles. The van der Waals surface area contributed by atoms with E-state index in [0.29, 0.717) is 20.2 Å². The molecule has 2 aromatic carbocycles. The van der Waals surface area contributed by atoms with E-state index in [-0.39, 0.29) is 20.3 Å². The SMILES string of the molecule is O=C(c1nc2ccccc2[se]1)c1ccc(Cl)cc1Cl. The number of hydrogen-bond donors (Lipinski definition) is 0. The number of ketones is 1. The maximum atomic E-state index is 12.4. The first-order valence-electron chi connectivity index (χ1n) is 5.50. The third kappa shape index (κ3) is 2.47. The van der Waals surface area contributed by atoms with Gasteiger partial charge in [0.1, 0.15) is 0 Å². The summed E-state index contributed by atoms with van der Waals surface area (Å²) in [5.41, 5.74) is 1.34. The van der Waals surface area contributed by atoms with E-state index in [0.717, 1.165) is 9.78 Å². The summed E-state index contributed by atoms with van der Waals surface area (Å²) >= 11 is 11.8. The monoisotopic (exact) mass is 355 g/mol. The average molecular weight is 355 g/mol. The molecule has 0 N–H and O–H groups in total. The van der Waals surface area contributed by atoms with Crippen LogP contribution in [0.5, 0.6) is 0 Å². The standard InChI is InChI=1S/C14H7Cl2NOSe/c15-8-5-6-9(10(16)7-8)13(18)14-17-11-3-1-2-4-12(11)19-14/h1-7H. The fourth-order valence-corrected chi connectivity index (χ4v) is 4.18. The van der Waals surface area contributed by atoms with Crippen LogP contribution in [0.1, 0.15) is 14.9 Å². The summed E-state index contributed by atoms with van der Waals surface area (Å²) in [5, 5.41) is 0.885. The Morgan fingerprint density at radius 2 is 1.89 bits per heavy atom. The number of halogens is 2. The van der Waals surface area contributed by atoms with Gasteiger partial charge in [-0.25, -0.2) is 0 Å². The van der Waals surface area contributed by atoms with E-state index in [4.69, 9.17) is 23.2 Å². The fraction of sp³-hybridized carbons (Fsp3) is 0. The Morgan fingerprint density at radius 1 is 1.11 bits per heavy atom. The van der Waals surface area contributed by atoms with Gasteiger partial charge in [-0.05, 0) is 0 Å². The van der Waals surface area contributed by atoms with Crippen molar-refractivity contribution in [1.29, 1.82) is 0 Å². The Bertz CT molecular complexity index is 749. The molecule has 2 nitrogen and oxygen atoms in total. The normalized spacial score (nSPS) is 10.8. The second-order valence-electron chi connectivity index (χ2n) is 3.94. The summed E-state index contributed by atoms with van der Waals surface area (Å²) in [4.78, 5) is 16.8. The number of rotatable bonds is 2. The molecule has 0 saturated carbocycles. The van der Waals surface area contributed by atoms with Crippen molar-refractivity contribution in [3.8, 4) is 0 Å². The molecule has 94 valence electrons. The van der Waals surface area contributed by atoms with Gasteiger partial charge >= 0.3 is 126 Å². The Hall–Kier alpha value is -1.12. The van der Waals surface area contributed by atoms with Crippen molar-refractivity contribution in [3.63, 3.8) is 0 Å². The fourth-order valence-electron chi connectivity index (χ4n) is 1.76. The molecule has 3 aromatic rings. The summed E-state index contributed by atoms with van der Waals surface area (Å²) in [7, 11) is 0. The molecule has 1 heterocycles. The van der Waals surface area contributed by atoms with Crippen LogP contribution >= 0.6 is 23.2 Å². The molecule has 0 unspecified atom stereocenters. The second kappa shape index (κ2) is 5.10. The van der Waals surface area contributed by atoms with Crippen LogP contribution in [-0.2, 0) is 0 Å². The molecule has 0 spiro atoms. The van der Waals surface area contributed by atoms with Crippen LogP contribution < -0.4 is 0 Å². The molecule has 3 rings (SSSR count). The zero-order chi connectivity index (χ0) is 13.4. The molecule has 19 heavy (non-hydrogen) atoms. The Kier molecular flexibility index (Phi) is 3.46. The summed E-state index contributed by atoms with van der Waals surface area (Å²) in [5.74, 6) is -0.113. The minimum atomic E-state index is -0.113. The van der Waals surface area contributed by atoms with Gasteiger partial charge in [-0.2, -0.15) is 0 Å². The van der Waals surface area contributed by atoms with Gasteiger partial charge < -0.3 is 0 Å². The Labute approximate surface area is 125 Å². The molecule has 1 aromatic heterocycles. The van der Waals surface area contributed by atoms with Crippen molar-refractivity contribution < 1.29 is 4.79 Å². The predicted molar refractivity (Wildman–Crippen MR) is 78.6 cm³/mol. The molecule has 0 aliphatic carbocycles. The van der Waals surface area contributed by atoms with E-state index < -0.39 is 0 Å². The van der Waals surface area contributed by atoms with Gasteiger partial charge in [0.15, 0.2) is 0 Å². The number of carbonyl (C=O) groups is 1. The van der Waals surface area contributed by atoms with Crippen LogP contribution in [0.25, 0.3) is 9.78 Å². The van der Waals surface area contributed by atoms with Crippen molar-refractivity contribution in [2.75, 3.05) is 0 Å². The van der Waals surface area contributed by atoms with Crippen molar-refractivity contribution in [2.45, 2.75) is 0 Å². The van der Waals surface area contributed by atoms with Crippen LogP contribution in [0.3, 0.4) is 0 Å². The topological polar surface area (TPSA) is 30.0 Å².